The largest absolute Gasteiger partial charge is 0.300 e. The van der Waals surface area contributed by atoms with Crippen molar-refractivity contribution in [3.05, 3.63) is 33.8 Å². The Bertz CT molecular complexity index is 340. The molecule has 1 nitrogen and oxygen atoms in total. The highest BCUT2D eigenvalue weighted by molar-refractivity contribution is 6.36. The van der Waals surface area contributed by atoms with Crippen LogP contribution in [0.3, 0.4) is 0 Å². The average Bonchev–Trinajstić information content (AvgIpc) is 2.17. The first-order valence-electron chi connectivity index (χ1n) is 4.99. The fraction of sp³-hybridized carbons (Fsp3) is 0.417. The zero-order chi connectivity index (χ0) is 11.4. The number of carbonyl (C=O) groups is 1. The van der Waals surface area contributed by atoms with E-state index >= 15 is 0 Å². The molecule has 3 heteroatoms. The van der Waals surface area contributed by atoms with Crippen LogP contribution in [0.25, 0.3) is 0 Å². The molecule has 0 amide bonds. The molecule has 1 aromatic rings. The number of Topliss-reactive ketones (excluding diaryl/α,β-unsaturated/α-hetero) is 1. The van der Waals surface area contributed by atoms with Crippen LogP contribution in [-0.2, 0) is 11.2 Å². The first kappa shape index (κ1) is 12.5. The second-order valence-electron chi connectivity index (χ2n) is 3.62. The Morgan fingerprint density at radius 2 is 1.87 bits per heavy atom. The number of halogens is 2. The molecule has 0 aliphatic carbocycles. The van der Waals surface area contributed by atoms with E-state index in [-0.39, 0.29) is 11.7 Å². The third-order valence-electron chi connectivity index (χ3n) is 2.58. The summed E-state index contributed by atoms with van der Waals surface area (Å²) in [5.74, 6) is 0.205. The van der Waals surface area contributed by atoms with Crippen LogP contribution in [0.2, 0.25) is 10.0 Å². The van der Waals surface area contributed by atoms with Gasteiger partial charge in [-0.1, -0.05) is 36.2 Å². The summed E-state index contributed by atoms with van der Waals surface area (Å²) in [6, 6.07) is 5.41. The maximum Gasteiger partial charge on any atom is 0.133 e. The van der Waals surface area contributed by atoms with Crippen LogP contribution in [0, 0.1) is 5.92 Å². The first-order chi connectivity index (χ1) is 7.06. The van der Waals surface area contributed by atoms with Gasteiger partial charge in [0, 0.05) is 16.0 Å². The van der Waals surface area contributed by atoms with E-state index in [0.29, 0.717) is 16.5 Å². The van der Waals surface area contributed by atoms with Gasteiger partial charge in [-0.25, -0.2) is 0 Å². The van der Waals surface area contributed by atoms with Crippen molar-refractivity contribution in [3.63, 3.8) is 0 Å². The van der Waals surface area contributed by atoms with Gasteiger partial charge in [0.1, 0.15) is 5.78 Å². The Hall–Kier alpha value is -0.530. The Labute approximate surface area is 100 Å². The van der Waals surface area contributed by atoms with Gasteiger partial charge in [0.25, 0.3) is 0 Å². The summed E-state index contributed by atoms with van der Waals surface area (Å²) in [7, 11) is 0. The summed E-state index contributed by atoms with van der Waals surface area (Å²) < 4.78 is 0. The highest BCUT2D eigenvalue weighted by Gasteiger charge is 2.16. The van der Waals surface area contributed by atoms with Crippen molar-refractivity contribution < 1.29 is 4.79 Å². The van der Waals surface area contributed by atoms with Gasteiger partial charge in [-0.2, -0.15) is 0 Å². The number of hydrogen-bond donors (Lipinski definition) is 0. The summed E-state index contributed by atoms with van der Waals surface area (Å²) in [5, 5.41) is 1.28. The van der Waals surface area contributed by atoms with Crippen molar-refractivity contribution in [2.45, 2.75) is 26.7 Å². The van der Waals surface area contributed by atoms with E-state index in [1.165, 1.54) is 0 Å². The lowest BCUT2D eigenvalue weighted by Crippen LogP contribution is -2.13. The standard InChI is InChI=1S/C12H14Cl2O/c1-3-9(8(2)15)7-10-11(13)5-4-6-12(10)14/h4-6,9H,3,7H2,1-2H3. The quantitative estimate of drug-likeness (QED) is 0.778. The second-order valence-corrected chi connectivity index (χ2v) is 4.43. The molecule has 0 spiro atoms. The number of rotatable bonds is 4. The fourth-order valence-electron chi connectivity index (χ4n) is 1.55. The van der Waals surface area contributed by atoms with Gasteiger partial charge in [0.2, 0.25) is 0 Å². The topological polar surface area (TPSA) is 17.1 Å². The Kier molecular flexibility index (Phi) is 4.62. The predicted octanol–water partition coefficient (Wildman–Crippen LogP) is 4.15. The van der Waals surface area contributed by atoms with Crippen LogP contribution in [0.4, 0.5) is 0 Å². The van der Waals surface area contributed by atoms with Gasteiger partial charge in [0.05, 0.1) is 0 Å². The molecular weight excluding hydrogens is 231 g/mol. The van der Waals surface area contributed by atoms with E-state index in [1.54, 1.807) is 19.1 Å². The zero-order valence-electron chi connectivity index (χ0n) is 8.89. The van der Waals surface area contributed by atoms with Crippen LogP contribution in [0.15, 0.2) is 18.2 Å². The monoisotopic (exact) mass is 244 g/mol. The molecule has 15 heavy (non-hydrogen) atoms. The van der Waals surface area contributed by atoms with Crippen LogP contribution < -0.4 is 0 Å². The summed E-state index contributed by atoms with van der Waals surface area (Å²) in [4.78, 5) is 11.3. The molecule has 0 aliphatic heterocycles. The van der Waals surface area contributed by atoms with Gasteiger partial charge < -0.3 is 0 Å². The smallest absolute Gasteiger partial charge is 0.133 e. The van der Waals surface area contributed by atoms with E-state index in [0.717, 1.165) is 12.0 Å². The molecule has 1 rings (SSSR count). The van der Waals surface area contributed by atoms with Crippen molar-refractivity contribution in [1.82, 2.24) is 0 Å². The molecule has 82 valence electrons. The molecular formula is C12H14Cl2O. The number of ketones is 1. The van der Waals surface area contributed by atoms with Crippen molar-refractivity contribution in [2.75, 3.05) is 0 Å². The molecule has 1 unspecified atom stereocenters. The van der Waals surface area contributed by atoms with Crippen LogP contribution >= 0.6 is 23.2 Å². The molecule has 1 atom stereocenters. The Morgan fingerprint density at radius 1 is 1.33 bits per heavy atom. The third kappa shape index (κ3) is 3.22. The van der Waals surface area contributed by atoms with Gasteiger partial charge in [-0.3, -0.25) is 4.79 Å². The first-order valence-corrected chi connectivity index (χ1v) is 5.75. The Morgan fingerprint density at radius 3 is 2.27 bits per heavy atom. The second kappa shape index (κ2) is 5.53. The summed E-state index contributed by atoms with van der Waals surface area (Å²) >= 11 is 12.1. The van der Waals surface area contributed by atoms with E-state index in [4.69, 9.17) is 23.2 Å². The summed E-state index contributed by atoms with van der Waals surface area (Å²) in [5.41, 5.74) is 0.878. The van der Waals surface area contributed by atoms with Crippen molar-refractivity contribution >= 4 is 29.0 Å². The minimum atomic E-state index is 0.0161. The molecule has 0 heterocycles. The molecule has 0 aromatic heterocycles. The van der Waals surface area contributed by atoms with E-state index < -0.39 is 0 Å². The van der Waals surface area contributed by atoms with E-state index in [9.17, 15) is 4.79 Å². The zero-order valence-corrected chi connectivity index (χ0v) is 10.4. The normalized spacial score (nSPS) is 12.5. The van der Waals surface area contributed by atoms with Gasteiger partial charge in [0.15, 0.2) is 0 Å². The van der Waals surface area contributed by atoms with E-state index in [1.807, 2.05) is 13.0 Å². The minimum absolute atomic E-state index is 0.0161. The highest BCUT2D eigenvalue weighted by Crippen LogP contribution is 2.27. The molecule has 0 saturated heterocycles. The molecule has 0 radical (unpaired) electrons. The van der Waals surface area contributed by atoms with Crippen molar-refractivity contribution in [3.8, 4) is 0 Å². The Balaban J connectivity index is 2.92. The van der Waals surface area contributed by atoms with Crippen molar-refractivity contribution in [2.24, 2.45) is 5.92 Å². The highest BCUT2D eigenvalue weighted by atomic mass is 35.5. The molecule has 1 aromatic carbocycles. The molecule has 0 aliphatic rings. The van der Waals surface area contributed by atoms with Crippen LogP contribution in [-0.4, -0.2) is 5.78 Å². The lowest BCUT2D eigenvalue weighted by molar-refractivity contribution is -0.120. The predicted molar refractivity (Wildman–Crippen MR) is 64.6 cm³/mol. The van der Waals surface area contributed by atoms with Gasteiger partial charge in [-0.05, 0) is 37.5 Å². The minimum Gasteiger partial charge on any atom is -0.300 e. The SMILES string of the molecule is CCC(Cc1c(Cl)cccc1Cl)C(C)=O. The molecule has 0 fully saturated rings. The lowest BCUT2D eigenvalue weighted by atomic mass is 9.93. The van der Waals surface area contributed by atoms with Crippen LogP contribution in [0.1, 0.15) is 25.8 Å². The third-order valence-corrected chi connectivity index (χ3v) is 3.29. The molecule has 0 saturated carbocycles. The van der Waals surface area contributed by atoms with Crippen LogP contribution in [0.5, 0.6) is 0 Å². The maximum absolute atomic E-state index is 11.3. The van der Waals surface area contributed by atoms with Crippen molar-refractivity contribution in [1.29, 1.82) is 0 Å². The maximum atomic E-state index is 11.3. The summed E-state index contributed by atoms with van der Waals surface area (Å²) in [6.07, 6.45) is 1.45. The number of hydrogen-bond acceptors (Lipinski definition) is 1. The lowest BCUT2D eigenvalue weighted by Gasteiger charge is -2.13. The molecule has 0 N–H and O–H groups in total. The van der Waals surface area contributed by atoms with E-state index in [2.05, 4.69) is 0 Å². The van der Waals surface area contributed by atoms with Gasteiger partial charge >= 0.3 is 0 Å². The number of carbonyl (C=O) groups excluding carboxylic acids is 1. The fourth-order valence-corrected chi connectivity index (χ4v) is 2.10. The number of benzene rings is 1. The molecule has 0 bridgehead atoms. The summed E-state index contributed by atoms with van der Waals surface area (Å²) in [6.45, 7) is 3.61. The average molecular weight is 245 g/mol. The van der Waals surface area contributed by atoms with Gasteiger partial charge in [-0.15, -0.1) is 0 Å².